The number of aryl methyl sites for hydroxylation is 1. The number of benzene rings is 3. The van der Waals surface area contributed by atoms with Gasteiger partial charge in [-0.05, 0) is 46.6 Å². The van der Waals surface area contributed by atoms with Gasteiger partial charge in [-0.15, -0.1) is 0 Å². The minimum atomic E-state index is 0.904. The van der Waals surface area contributed by atoms with Gasteiger partial charge in [-0.2, -0.15) is 0 Å². The van der Waals surface area contributed by atoms with Crippen molar-refractivity contribution in [3.63, 3.8) is 0 Å². The zero-order chi connectivity index (χ0) is 12.5. The predicted molar refractivity (Wildman–Crippen MR) is 79.0 cm³/mol. The van der Waals surface area contributed by atoms with E-state index >= 15 is 0 Å². The van der Waals surface area contributed by atoms with Crippen molar-refractivity contribution >= 4 is 21.5 Å². The highest BCUT2D eigenvalue weighted by Gasteiger charge is 2.09. The maximum atomic E-state index is 3.29. The lowest BCUT2D eigenvalue weighted by Gasteiger charge is -2.14. The zero-order valence-electron chi connectivity index (χ0n) is 10.8. The van der Waals surface area contributed by atoms with Crippen LogP contribution in [0.3, 0.4) is 0 Å². The summed E-state index contributed by atoms with van der Waals surface area (Å²) >= 11 is 0. The van der Waals surface area contributed by atoms with Crippen molar-refractivity contribution in [2.45, 2.75) is 13.5 Å². The summed E-state index contributed by atoms with van der Waals surface area (Å²) in [6, 6.07) is 17.4. The van der Waals surface area contributed by atoms with Crippen molar-refractivity contribution in [3.05, 3.63) is 59.7 Å². The Morgan fingerprint density at radius 3 is 1.67 bits per heavy atom. The number of nitrogens with one attached hydrogen (secondary N) is 1. The van der Waals surface area contributed by atoms with Gasteiger partial charge in [0.25, 0.3) is 0 Å². The summed E-state index contributed by atoms with van der Waals surface area (Å²) in [5.41, 5.74) is 2.77. The minimum Gasteiger partial charge on any atom is -0.316 e. The highest BCUT2D eigenvalue weighted by atomic mass is 14.8. The fourth-order valence-electron chi connectivity index (χ4n) is 2.80. The van der Waals surface area contributed by atoms with Gasteiger partial charge >= 0.3 is 0 Å². The minimum absolute atomic E-state index is 0.904. The molecule has 0 saturated heterocycles. The number of rotatable bonds is 2. The molecule has 0 atom stereocenters. The molecular formula is C17H17N. The Morgan fingerprint density at radius 1 is 0.778 bits per heavy atom. The molecule has 0 fully saturated rings. The van der Waals surface area contributed by atoms with Gasteiger partial charge in [0.2, 0.25) is 0 Å². The molecule has 1 N–H and O–H groups in total. The summed E-state index contributed by atoms with van der Waals surface area (Å²) in [5, 5.41) is 8.74. The number of hydrogen-bond acceptors (Lipinski definition) is 1. The predicted octanol–water partition coefficient (Wildman–Crippen LogP) is 4.02. The topological polar surface area (TPSA) is 12.0 Å². The monoisotopic (exact) mass is 235 g/mol. The van der Waals surface area contributed by atoms with Crippen LogP contribution in [0.1, 0.15) is 11.1 Å². The highest BCUT2D eigenvalue weighted by Crippen LogP contribution is 2.32. The Balaban J connectivity index is 2.54. The van der Waals surface area contributed by atoms with Gasteiger partial charge in [0.15, 0.2) is 0 Å². The standard InChI is InChI=1S/C17H17N/c1-12-13-7-3-5-9-15(13)17(11-18-2)16-10-6-4-8-14(12)16/h3-10,18H,11H2,1-2H3. The molecule has 0 amide bonds. The molecule has 0 bridgehead atoms. The molecule has 3 aromatic carbocycles. The van der Waals surface area contributed by atoms with E-state index in [4.69, 9.17) is 0 Å². The molecule has 0 unspecified atom stereocenters. The lowest BCUT2D eigenvalue weighted by molar-refractivity contribution is 0.829. The highest BCUT2D eigenvalue weighted by molar-refractivity contribution is 6.05. The summed E-state index contributed by atoms with van der Waals surface area (Å²) in [6.07, 6.45) is 0. The van der Waals surface area contributed by atoms with E-state index < -0.39 is 0 Å². The van der Waals surface area contributed by atoms with Crippen LogP contribution < -0.4 is 5.32 Å². The van der Waals surface area contributed by atoms with Gasteiger partial charge in [-0.1, -0.05) is 48.5 Å². The van der Waals surface area contributed by atoms with E-state index in [-0.39, 0.29) is 0 Å². The molecule has 0 spiro atoms. The number of fused-ring (bicyclic) bond motifs is 2. The van der Waals surface area contributed by atoms with E-state index in [1.807, 2.05) is 7.05 Å². The smallest absolute Gasteiger partial charge is 0.0214 e. The molecular weight excluding hydrogens is 218 g/mol. The zero-order valence-corrected chi connectivity index (χ0v) is 10.8. The third kappa shape index (κ3) is 1.59. The van der Waals surface area contributed by atoms with Crippen molar-refractivity contribution in [3.8, 4) is 0 Å². The van der Waals surface area contributed by atoms with Crippen LogP contribution in [-0.2, 0) is 6.54 Å². The molecule has 1 heteroatoms. The Labute approximate surface area is 107 Å². The average molecular weight is 235 g/mol. The maximum Gasteiger partial charge on any atom is 0.0214 e. The first-order chi connectivity index (χ1) is 8.83. The third-order valence-electron chi connectivity index (χ3n) is 3.67. The summed E-state index contributed by atoms with van der Waals surface area (Å²) in [5.74, 6) is 0. The number of hydrogen-bond donors (Lipinski definition) is 1. The van der Waals surface area contributed by atoms with Crippen LogP contribution >= 0.6 is 0 Å². The molecule has 0 saturated carbocycles. The average Bonchev–Trinajstić information content (AvgIpc) is 2.43. The maximum absolute atomic E-state index is 3.29. The molecule has 0 aliphatic carbocycles. The second-order valence-electron chi connectivity index (χ2n) is 4.73. The van der Waals surface area contributed by atoms with Gasteiger partial charge in [-0.3, -0.25) is 0 Å². The lowest BCUT2D eigenvalue weighted by Crippen LogP contribution is -2.06. The first-order valence-electron chi connectivity index (χ1n) is 6.36. The lowest BCUT2D eigenvalue weighted by atomic mass is 9.92. The van der Waals surface area contributed by atoms with Crippen molar-refractivity contribution in [1.82, 2.24) is 5.32 Å². The van der Waals surface area contributed by atoms with E-state index in [9.17, 15) is 0 Å². The Kier molecular flexibility index (Phi) is 2.77. The molecule has 0 aliphatic heterocycles. The molecule has 0 aliphatic rings. The van der Waals surface area contributed by atoms with Crippen molar-refractivity contribution < 1.29 is 0 Å². The van der Waals surface area contributed by atoms with Gasteiger partial charge in [0.1, 0.15) is 0 Å². The van der Waals surface area contributed by atoms with E-state index in [1.165, 1.54) is 32.7 Å². The van der Waals surface area contributed by atoms with Crippen LogP contribution in [0.2, 0.25) is 0 Å². The fourth-order valence-corrected chi connectivity index (χ4v) is 2.80. The Morgan fingerprint density at radius 2 is 1.22 bits per heavy atom. The molecule has 18 heavy (non-hydrogen) atoms. The normalized spacial score (nSPS) is 11.2. The van der Waals surface area contributed by atoms with Crippen LogP contribution in [0.5, 0.6) is 0 Å². The van der Waals surface area contributed by atoms with Crippen LogP contribution in [0.25, 0.3) is 21.5 Å². The second kappa shape index (κ2) is 4.43. The van der Waals surface area contributed by atoms with Crippen LogP contribution in [-0.4, -0.2) is 7.05 Å². The molecule has 0 aromatic heterocycles. The summed E-state index contributed by atoms with van der Waals surface area (Å²) in [7, 11) is 2.00. The third-order valence-corrected chi connectivity index (χ3v) is 3.67. The molecule has 0 radical (unpaired) electrons. The summed E-state index contributed by atoms with van der Waals surface area (Å²) in [6.45, 7) is 3.12. The van der Waals surface area contributed by atoms with Crippen molar-refractivity contribution in [2.24, 2.45) is 0 Å². The first-order valence-corrected chi connectivity index (χ1v) is 6.36. The molecule has 0 heterocycles. The molecule has 90 valence electrons. The quantitative estimate of drug-likeness (QED) is 0.661. The summed E-state index contributed by atoms with van der Waals surface area (Å²) < 4.78 is 0. The van der Waals surface area contributed by atoms with Crippen molar-refractivity contribution in [2.75, 3.05) is 7.05 Å². The molecule has 1 nitrogen and oxygen atoms in total. The van der Waals surface area contributed by atoms with Gasteiger partial charge in [0, 0.05) is 6.54 Å². The van der Waals surface area contributed by atoms with Crippen molar-refractivity contribution in [1.29, 1.82) is 0 Å². The van der Waals surface area contributed by atoms with Crippen LogP contribution in [0, 0.1) is 6.92 Å². The van der Waals surface area contributed by atoms with E-state index in [0.29, 0.717) is 0 Å². The van der Waals surface area contributed by atoms with Crippen LogP contribution in [0.4, 0.5) is 0 Å². The Hall–Kier alpha value is -1.86. The van der Waals surface area contributed by atoms with Crippen LogP contribution in [0.15, 0.2) is 48.5 Å². The fraction of sp³-hybridized carbons (Fsp3) is 0.176. The Bertz CT molecular complexity index is 656. The summed E-state index contributed by atoms with van der Waals surface area (Å²) in [4.78, 5) is 0. The van der Waals surface area contributed by atoms with E-state index in [1.54, 1.807) is 0 Å². The van der Waals surface area contributed by atoms with Gasteiger partial charge in [-0.25, -0.2) is 0 Å². The molecule has 3 aromatic rings. The molecule has 3 rings (SSSR count). The van der Waals surface area contributed by atoms with E-state index in [2.05, 4.69) is 60.8 Å². The van der Waals surface area contributed by atoms with E-state index in [0.717, 1.165) is 6.54 Å². The van der Waals surface area contributed by atoms with Gasteiger partial charge < -0.3 is 5.32 Å². The van der Waals surface area contributed by atoms with Gasteiger partial charge in [0.05, 0.1) is 0 Å². The second-order valence-corrected chi connectivity index (χ2v) is 4.73. The largest absolute Gasteiger partial charge is 0.316 e. The SMILES string of the molecule is CNCc1c2ccccc2c(C)c2ccccc12. The first kappa shape index (κ1) is 11.2.